The number of ether oxygens (including phenoxy) is 1. The normalized spacial score (nSPS) is 17.6. The maximum Gasteiger partial charge on any atom is 0.250 e. The average Bonchev–Trinajstić information content (AvgIpc) is 3.27. The van der Waals surface area contributed by atoms with Gasteiger partial charge in [0.2, 0.25) is 17.8 Å². The van der Waals surface area contributed by atoms with Crippen molar-refractivity contribution in [3.63, 3.8) is 0 Å². The summed E-state index contributed by atoms with van der Waals surface area (Å²) in [5, 5.41) is 3.15. The standard InChI is InChI=1S/C18H19ClN6O3/c19-16-11-9-25-13(8-15(20)26)17(27)23-18(25)22-12(11)2-3-14(16)28-7-1-5-24-6-4-21-10-24/h2-4,6,10,13H,1,5,7-9H2,(H2,20,26)(H,22,23,27). The summed E-state index contributed by atoms with van der Waals surface area (Å²) in [4.78, 5) is 33.6. The third-order valence-electron chi connectivity index (χ3n) is 4.70. The number of guanidine groups is 1. The quantitative estimate of drug-likeness (QED) is 0.675. The number of primary amides is 1. The smallest absolute Gasteiger partial charge is 0.250 e. The van der Waals surface area contributed by atoms with E-state index in [9.17, 15) is 9.59 Å². The molecule has 3 N–H and O–H groups in total. The molecule has 3 heterocycles. The molecule has 0 aliphatic carbocycles. The van der Waals surface area contributed by atoms with Crippen molar-refractivity contribution in [1.82, 2.24) is 19.8 Å². The summed E-state index contributed by atoms with van der Waals surface area (Å²) in [6, 6.07) is 2.90. The second kappa shape index (κ2) is 7.51. The van der Waals surface area contributed by atoms with E-state index in [0.717, 1.165) is 18.5 Å². The van der Waals surface area contributed by atoms with Crippen molar-refractivity contribution in [2.24, 2.45) is 10.7 Å². The molecule has 146 valence electrons. The van der Waals surface area contributed by atoms with Gasteiger partial charge in [-0.05, 0) is 18.6 Å². The molecule has 0 saturated carbocycles. The average molecular weight is 403 g/mol. The van der Waals surface area contributed by atoms with E-state index in [1.165, 1.54) is 0 Å². The van der Waals surface area contributed by atoms with Gasteiger partial charge >= 0.3 is 0 Å². The molecule has 4 rings (SSSR count). The maximum absolute atomic E-state index is 12.1. The van der Waals surface area contributed by atoms with Gasteiger partial charge in [0.05, 0.1) is 36.6 Å². The predicted molar refractivity (Wildman–Crippen MR) is 102 cm³/mol. The van der Waals surface area contributed by atoms with Gasteiger partial charge in [0.15, 0.2) is 0 Å². The number of amides is 2. The topological polar surface area (TPSA) is 115 Å². The zero-order valence-electron chi connectivity index (χ0n) is 15.0. The Balaban J connectivity index is 1.47. The van der Waals surface area contributed by atoms with Crippen LogP contribution in [0.15, 0.2) is 35.8 Å². The lowest BCUT2D eigenvalue weighted by atomic mass is 10.1. The van der Waals surface area contributed by atoms with Gasteiger partial charge in [0, 0.05) is 24.5 Å². The number of hydrogen-bond donors (Lipinski definition) is 2. The second-order valence-electron chi connectivity index (χ2n) is 6.62. The molecule has 1 aromatic heterocycles. The second-order valence-corrected chi connectivity index (χ2v) is 6.99. The number of halogens is 1. The lowest BCUT2D eigenvalue weighted by Crippen LogP contribution is -2.39. The first-order chi connectivity index (χ1) is 13.5. The number of carbonyl (C=O) groups excluding carboxylic acids is 2. The molecule has 2 aromatic rings. The number of nitrogens with two attached hydrogens (primary N) is 1. The molecule has 0 bridgehead atoms. The van der Waals surface area contributed by atoms with Gasteiger partial charge in [-0.15, -0.1) is 0 Å². The SMILES string of the molecule is NC(=O)CC1C(=O)NC2=Nc3ccc(OCCCn4ccnc4)c(Cl)c3CN21. The lowest BCUT2D eigenvalue weighted by Gasteiger charge is -2.28. The zero-order chi connectivity index (χ0) is 19.7. The van der Waals surface area contributed by atoms with Crippen molar-refractivity contribution in [2.75, 3.05) is 6.61 Å². The Hall–Kier alpha value is -3.07. The summed E-state index contributed by atoms with van der Waals surface area (Å²) in [7, 11) is 0. The van der Waals surface area contributed by atoms with Crippen LogP contribution in [0.25, 0.3) is 0 Å². The number of aryl methyl sites for hydroxylation is 1. The van der Waals surface area contributed by atoms with E-state index < -0.39 is 11.9 Å². The summed E-state index contributed by atoms with van der Waals surface area (Å²) in [5.74, 6) is 0.133. The fraction of sp³-hybridized carbons (Fsp3) is 0.333. The summed E-state index contributed by atoms with van der Waals surface area (Å²) < 4.78 is 7.81. The predicted octanol–water partition coefficient (Wildman–Crippen LogP) is 1.18. The Morgan fingerprint density at radius 2 is 2.29 bits per heavy atom. The molecule has 1 unspecified atom stereocenters. The summed E-state index contributed by atoms with van der Waals surface area (Å²) in [5.41, 5.74) is 6.69. The van der Waals surface area contributed by atoms with E-state index in [0.29, 0.717) is 35.6 Å². The number of rotatable bonds is 7. The number of nitrogens with one attached hydrogen (secondary N) is 1. The fourth-order valence-electron chi connectivity index (χ4n) is 3.31. The number of aliphatic imine (C=N–C) groups is 1. The van der Waals surface area contributed by atoms with Crippen LogP contribution in [0.5, 0.6) is 5.75 Å². The number of carbonyl (C=O) groups is 2. The van der Waals surface area contributed by atoms with Crippen molar-refractivity contribution >= 4 is 35.1 Å². The van der Waals surface area contributed by atoms with Gasteiger partial charge in [-0.3, -0.25) is 14.9 Å². The molecule has 1 atom stereocenters. The van der Waals surface area contributed by atoms with Crippen LogP contribution in [0, 0.1) is 0 Å². The molecule has 1 fully saturated rings. The number of imidazole rings is 1. The minimum Gasteiger partial charge on any atom is -0.492 e. The van der Waals surface area contributed by atoms with E-state index in [-0.39, 0.29) is 12.3 Å². The van der Waals surface area contributed by atoms with E-state index >= 15 is 0 Å². The molecule has 2 aliphatic rings. The highest BCUT2D eigenvalue weighted by Gasteiger charge is 2.40. The number of aromatic nitrogens is 2. The molecule has 28 heavy (non-hydrogen) atoms. The number of benzene rings is 1. The first-order valence-electron chi connectivity index (χ1n) is 8.87. The maximum atomic E-state index is 12.1. The van der Waals surface area contributed by atoms with Crippen LogP contribution in [-0.4, -0.2) is 44.9 Å². The molecule has 9 nitrogen and oxygen atoms in total. The Bertz CT molecular complexity index is 943. The monoisotopic (exact) mass is 402 g/mol. The Morgan fingerprint density at radius 3 is 3.04 bits per heavy atom. The zero-order valence-corrected chi connectivity index (χ0v) is 15.7. The molecular formula is C18H19ClN6O3. The van der Waals surface area contributed by atoms with Crippen molar-refractivity contribution in [3.05, 3.63) is 41.4 Å². The van der Waals surface area contributed by atoms with Crippen molar-refractivity contribution in [1.29, 1.82) is 0 Å². The van der Waals surface area contributed by atoms with Gasteiger partial charge in [-0.2, -0.15) is 0 Å². The van der Waals surface area contributed by atoms with Crippen molar-refractivity contribution < 1.29 is 14.3 Å². The summed E-state index contributed by atoms with van der Waals surface area (Å²) in [6.07, 6.45) is 6.11. The highest BCUT2D eigenvalue weighted by atomic mass is 35.5. The largest absolute Gasteiger partial charge is 0.492 e. The van der Waals surface area contributed by atoms with Crippen LogP contribution in [0.1, 0.15) is 18.4 Å². The summed E-state index contributed by atoms with van der Waals surface area (Å²) in [6.45, 7) is 1.64. The number of fused-ring (bicyclic) bond motifs is 2. The van der Waals surface area contributed by atoms with Gasteiger partial charge in [-0.25, -0.2) is 9.98 Å². The highest BCUT2D eigenvalue weighted by Crippen LogP contribution is 2.39. The molecule has 1 saturated heterocycles. The Morgan fingerprint density at radius 1 is 1.43 bits per heavy atom. The van der Waals surface area contributed by atoms with Gasteiger partial charge in [0.1, 0.15) is 11.8 Å². The first-order valence-corrected chi connectivity index (χ1v) is 9.25. The lowest BCUT2D eigenvalue weighted by molar-refractivity contribution is -0.126. The van der Waals surface area contributed by atoms with E-state index in [2.05, 4.69) is 15.3 Å². The fourth-order valence-corrected chi connectivity index (χ4v) is 3.59. The Kier molecular flexibility index (Phi) is 4.91. The van der Waals surface area contributed by atoms with Crippen LogP contribution in [0.3, 0.4) is 0 Å². The molecule has 0 spiro atoms. The van der Waals surface area contributed by atoms with Gasteiger partial charge in [0.25, 0.3) is 0 Å². The minimum atomic E-state index is -0.680. The molecule has 1 aromatic carbocycles. The van der Waals surface area contributed by atoms with Crippen LogP contribution in [0.2, 0.25) is 5.02 Å². The van der Waals surface area contributed by atoms with Crippen LogP contribution >= 0.6 is 11.6 Å². The number of nitrogens with zero attached hydrogens (tertiary/aromatic N) is 4. The van der Waals surface area contributed by atoms with Crippen molar-refractivity contribution in [3.8, 4) is 5.75 Å². The molecular weight excluding hydrogens is 384 g/mol. The van der Waals surface area contributed by atoms with E-state index in [1.807, 2.05) is 16.8 Å². The van der Waals surface area contributed by atoms with Crippen LogP contribution in [0.4, 0.5) is 5.69 Å². The molecule has 2 aliphatic heterocycles. The number of hydrogen-bond acceptors (Lipinski definition) is 6. The minimum absolute atomic E-state index is 0.0811. The summed E-state index contributed by atoms with van der Waals surface area (Å²) >= 11 is 6.55. The molecule has 10 heteroatoms. The van der Waals surface area contributed by atoms with E-state index in [4.69, 9.17) is 22.1 Å². The van der Waals surface area contributed by atoms with Crippen LogP contribution < -0.4 is 15.8 Å². The van der Waals surface area contributed by atoms with E-state index in [1.54, 1.807) is 23.5 Å². The first kappa shape index (κ1) is 18.3. The third-order valence-corrected chi connectivity index (χ3v) is 5.11. The molecule has 0 radical (unpaired) electrons. The third kappa shape index (κ3) is 3.53. The highest BCUT2D eigenvalue weighted by molar-refractivity contribution is 6.33. The van der Waals surface area contributed by atoms with Gasteiger partial charge in [-0.1, -0.05) is 11.6 Å². The van der Waals surface area contributed by atoms with Crippen molar-refractivity contribution in [2.45, 2.75) is 32.0 Å². The Labute approximate surface area is 166 Å². The van der Waals surface area contributed by atoms with Crippen LogP contribution in [-0.2, 0) is 22.7 Å². The van der Waals surface area contributed by atoms with Gasteiger partial charge < -0.3 is 19.9 Å². The molecule has 2 amide bonds.